The molecule has 180 valence electrons. The van der Waals surface area contributed by atoms with Gasteiger partial charge in [-0.3, -0.25) is 4.79 Å². The monoisotopic (exact) mass is 483 g/mol. The van der Waals surface area contributed by atoms with Crippen molar-refractivity contribution in [1.82, 2.24) is 0 Å². The molecule has 4 rings (SSSR count). The van der Waals surface area contributed by atoms with Gasteiger partial charge in [0.05, 0.1) is 18.9 Å². The zero-order chi connectivity index (χ0) is 25.3. The number of halogens is 4. The molecule has 0 saturated carbocycles. The first-order valence-corrected chi connectivity index (χ1v) is 10.6. The number of hydrogen-bond donors (Lipinski definition) is 1. The van der Waals surface area contributed by atoms with Crippen LogP contribution < -0.4 is 10.1 Å². The summed E-state index contributed by atoms with van der Waals surface area (Å²) in [5.41, 5.74) is 3.11. The number of amides is 1. The van der Waals surface area contributed by atoms with Crippen molar-refractivity contribution in [2.45, 2.75) is 20.0 Å². The van der Waals surface area contributed by atoms with Crippen LogP contribution in [0.1, 0.15) is 23.6 Å². The van der Waals surface area contributed by atoms with E-state index in [2.05, 4.69) is 5.32 Å². The van der Waals surface area contributed by atoms with Crippen LogP contribution in [0.2, 0.25) is 0 Å². The highest BCUT2D eigenvalue weighted by molar-refractivity contribution is 6.06. The van der Waals surface area contributed by atoms with Gasteiger partial charge < -0.3 is 14.5 Å². The molecule has 4 aromatic rings. The van der Waals surface area contributed by atoms with Crippen LogP contribution >= 0.6 is 0 Å². The molecule has 0 atom stereocenters. The summed E-state index contributed by atoms with van der Waals surface area (Å²) in [7, 11) is 1.50. The van der Waals surface area contributed by atoms with Gasteiger partial charge in [0.15, 0.2) is 0 Å². The molecule has 4 nitrogen and oxygen atoms in total. The van der Waals surface area contributed by atoms with Gasteiger partial charge in [0.2, 0.25) is 5.91 Å². The number of anilines is 1. The number of ether oxygens (including phenoxy) is 1. The van der Waals surface area contributed by atoms with E-state index in [0.29, 0.717) is 28.0 Å². The number of furan rings is 1. The summed E-state index contributed by atoms with van der Waals surface area (Å²) >= 11 is 0. The van der Waals surface area contributed by atoms with E-state index in [1.807, 2.05) is 13.0 Å². The van der Waals surface area contributed by atoms with E-state index >= 15 is 0 Å². The Bertz CT molecular complexity index is 1430. The molecule has 0 aliphatic heterocycles. The maximum atomic E-state index is 13.4. The first kappa shape index (κ1) is 24.1. The first-order valence-electron chi connectivity index (χ1n) is 10.6. The average molecular weight is 483 g/mol. The van der Waals surface area contributed by atoms with Crippen LogP contribution in [0.15, 0.2) is 71.4 Å². The number of alkyl halides is 3. The van der Waals surface area contributed by atoms with Gasteiger partial charge >= 0.3 is 6.18 Å². The summed E-state index contributed by atoms with van der Waals surface area (Å²) in [6, 6.07) is 12.2. The van der Waals surface area contributed by atoms with Crippen LogP contribution in [0, 0.1) is 12.7 Å². The standard InChI is InChI=1S/C27H21F4NO3/c1-15(11-24(33)32-20-6-4-5-18(12-20)27(29,30)31)21-13-22-23(17-7-9-19(28)10-8-17)14-35-26(22)16(2)25(21)34-3/h4-14H,1-3H3,(H,32,33)/b15-11+. The first-order chi connectivity index (χ1) is 16.6. The second-order valence-corrected chi connectivity index (χ2v) is 8.01. The van der Waals surface area contributed by atoms with E-state index in [4.69, 9.17) is 9.15 Å². The predicted molar refractivity (Wildman–Crippen MR) is 127 cm³/mol. The summed E-state index contributed by atoms with van der Waals surface area (Å²) in [6.45, 7) is 3.52. The third-order valence-electron chi connectivity index (χ3n) is 5.63. The Labute approximate surface area is 198 Å². The molecule has 1 amide bonds. The van der Waals surface area contributed by atoms with E-state index in [0.717, 1.165) is 28.6 Å². The maximum absolute atomic E-state index is 13.4. The van der Waals surface area contributed by atoms with Crippen molar-refractivity contribution >= 4 is 28.1 Å². The predicted octanol–water partition coefficient (Wildman–Crippen LogP) is 7.62. The van der Waals surface area contributed by atoms with E-state index in [-0.39, 0.29) is 11.5 Å². The summed E-state index contributed by atoms with van der Waals surface area (Å²) < 4.78 is 63.7. The largest absolute Gasteiger partial charge is 0.496 e. The number of allylic oxidation sites excluding steroid dienone is 1. The summed E-state index contributed by atoms with van der Waals surface area (Å²) in [4.78, 5) is 12.6. The van der Waals surface area contributed by atoms with Gasteiger partial charge in [-0.1, -0.05) is 18.2 Å². The van der Waals surface area contributed by atoms with Crippen LogP contribution in [0.4, 0.5) is 23.2 Å². The lowest BCUT2D eigenvalue weighted by Crippen LogP contribution is -2.11. The number of hydrogen-bond acceptors (Lipinski definition) is 3. The molecule has 0 bridgehead atoms. The molecule has 0 aliphatic carbocycles. The van der Waals surface area contributed by atoms with Crippen molar-refractivity contribution in [3.05, 3.63) is 89.4 Å². The topological polar surface area (TPSA) is 51.5 Å². The molecule has 8 heteroatoms. The second-order valence-electron chi connectivity index (χ2n) is 8.01. The third kappa shape index (κ3) is 4.91. The third-order valence-corrected chi connectivity index (χ3v) is 5.63. The highest BCUT2D eigenvalue weighted by Gasteiger charge is 2.30. The molecule has 0 radical (unpaired) electrons. The number of nitrogens with one attached hydrogen (secondary N) is 1. The van der Waals surface area contributed by atoms with Gasteiger partial charge in [0.25, 0.3) is 0 Å². The van der Waals surface area contributed by atoms with Gasteiger partial charge in [-0.15, -0.1) is 0 Å². The van der Waals surface area contributed by atoms with Crippen LogP contribution in [-0.4, -0.2) is 13.0 Å². The van der Waals surface area contributed by atoms with Gasteiger partial charge in [0.1, 0.15) is 17.1 Å². The Morgan fingerprint density at radius 2 is 1.80 bits per heavy atom. The van der Waals surface area contributed by atoms with Gasteiger partial charge in [0, 0.05) is 33.8 Å². The SMILES string of the molecule is COc1c(/C(C)=C/C(=O)Nc2cccc(C(F)(F)F)c2)cc2c(-c3ccc(F)cc3)coc2c1C. The lowest BCUT2D eigenvalue weighted by molar-refractivity contribution is -0.137. The number of benzene rings is 3. The van der Waals surface area contributed by atoms with Gasteiger partial charge in [-0.05, 0) is 61.4 Å². The minimum Gasteiger partial charge on any atom is -0.496 e. The van der Waals surface area contributed by atoms with E-state index in [1.165, 1.54) is 37.5 Å². The molecule has 0 fully saturated rings. The van der Waals surface area contributed by atoms with Crippen molar-refractivity contribution < 1.29 is 31.5 Å². The van der Waals surface area contributed by atoms with Crippen LogP contribution in [0.5, 0.6) is 5.75 Å². The fourth-order valence-electron chi connectivity index (χ4n) is 3.95. The molecule has 3 aromatic carbocycles. The molecular formula is C27H21F4NO3. The Hall–Kier alpha value is -4.07. The lowest BCUT2D eigenvalue weighted by atomic mass is 9.96. The smallest absolute Gasteiger partial charge is 0.416 e. The van der Waals surface area contributed by atoms with Crippen molar-refractivity contribution in [3.63, 3.8) is 0 Å². The molecule has 1 N–H and O–H groups in total. The Balaban J connectivity index is 1.72. The Kier molecular flexibility index (Phi) is 6.39. The quantitative estimate of drug-likeness (QED) is 0.235. The molecule has 1 aromatic heterocycles. The van der Waals surface area contributed by atoms with E-state index in [9.17, 15) is 22.4 Å². The number of aryl methyl sites for hydroxylation is 1. The fraction of sp³-hybridized carbons (Fsp3) is 0.148. The molecule has 35 heavy (non-hydrogen) atoms. The van der Waals surface area contributed by atoms with Crippen molar-refractivity contribution in [3.8, 4) is 16.9 Å². The summed E-state index contributed by atoms with van der Waals surface area (Å²) in [5.74, 6) is -0.448. The molecule has 0 unspecified atom stereocenters. The summed E-state index contributed by atoms with van der Waals surface area (Å²) in [5, 5.41) is 3.22. The van der Waals surface area contributed by atoms with Crippen molar-refractivity contribution in [1.29, 1.82) is 0 Å². The molecule has 0 saturated heterocycles. The average Bonchev–Trinajstić information content (AvgIpc) is 3.23. The highest BCUT2D eigenvalue weighted by Crippen LogP contribution is 2.40. The maximum Gasteiger partial charge on any atom is 0.416 e. The Morgan fingerprint density at radius 3 is 2.46 bits per heavy atom. The zero-order valence-electron chi connectivity index (χ0n) is 19.1. The van der Waals surface area contributed by atoms with Gasteiger partial charge in [-0.25, -0.2) is 4.39 Å². The highest BCUT2D eigenvalue weighted by atomic mass is 19.4. The fourth-order valence-corrected chi connectivity index (χ4v) is 3.95. The summed E-state index contributed by atoms with van der Waals surface area (Å²) in [6.07, 6.45) is -1.64. The van der Waals surface area contributed by atoms with E-state index < -0.39 is 17.6 Å². The van der Waals surface area contributed by atoms with Crippen molar-refractivity contribution in [2.75, 3.05) is 12.4 Å². The minimum absolute atomic E-state index is 0.0286. The van der Waals surface area contributed by atoms with Crippen LogP contribution in [-0.2, 0) is 11.0 Å². The molecular weight excluding hydrogens is 462 g/mol. The van der Waals surface area contributed by atoms with E-state index in [1.54, 1.807) is 25.3 Å². The normalized spacial score (nSPS) is 12.1. The van der Waals surface area contributed by atoms with Crippen molar-refractivity contribution in [2.24, 2.45) is 0 Å². The minimum atomic E-state index is -4.51. The number of carbonyl (C=O) groups excluding carboxylic acids is 1. The number of fused-ring (bicyclic) bond motifs is 1. The number of carbonyl (C=O) groups is 1. The number of rotatable bonds is 5. The Morgan fingerprint density at radius 1 is 1.09 bits per heavy atom. The van der Waals surface area contributed by atoms with Gasteiger partial charge in [-0.2, -0.15) is 13.2 Å². The molecule has 1 heterocycles. The van der Waals surface area contributed by atoms with Crippen LogP contribution in [0.25, 0.3) is 27.7 Å². The lowest BCUT2D eigenvalue weighted by Gasteiger charge is -2.13. The second kappa shape index (κ2) is 9.29. The number of methoxy groups -OCH3 is 1. The zero-order valence-corrected chi connectivity index (χ0v) is 19.1. The molecule has 0 aliphatic rings. The molecule has 0 spiro atoms. The van der Waals surface area contributed by atoms with Crippen LogP contribution in [0.3, 0.4) is 0 Å².